The van der Waals surface area contributed by atoms with Gasteiger partial charge in [0.05, 0.1) is 0 Å². The molecule has 12 heavy (non-hydrogen) atoms. The first-order chi connectivity index (χ1) is 5.45. The summed E-state index contributed by atoms with van der Waals surface area (Å²) in [7, 11) is 0. The van der Waals surface area contributed by atoms with Crippen LogP contribution in [-0.4, -0.2) is 5.78 Å². The molecule has 0 saturated heterocycles. The predicted octanol–water partition coefficient (Wildman–Crippen LogP) is 3.20. The molecule has 0 aliphatic carbocycles. The van der Waals surface area contributed by atoms with Crippen molar-refractivity contribution in [2.75, 3.05) is 0 Å². The van der Waals surface area contributed by atoms with Crippen molar-refractivity contribution in [3.05, 3.63) is 12.2 Å². The van der Waals surface area contributed by atoms with E-state index in [1.165, 1.54) is 5.57 Å². The second kappa shape index (κ2) is 5.13. The SMILES string of the molecule is C=C(C)CCC(C(C)=O)C(C)C. The van der Waals surface area contributed by atoms with Gasteiger partial charge in [-0.25, -0.2) is 0 Å². The van der Waals surface area contributed by atoms with Crippen LogP contribution >= 0.6 is 0 Å². The van der Waals surface area contributed by atoms with E-state index in [4.69, 9.17) is 0 Å². The molecule has 0 aliphatic heterocycles. The molecule has 1 nitrogen and oxygen atoms in total. The molecule has 1 unspecified atom stereocenters. The summed E-state index contributed by atoms with van der Waals surface area (Å²) in [6.45, 7) is 11.7. The van der Waals surface area contributed by atoms with Crippen LogP contribution in [0.25, 0.3) is 0 Å². The summed E-state index contributed by atoms with van der Waals surface area (Å²) >= 11 is 0. The van der Waals surface area contributed by atoms with Crippen LogP contribution in [0.15, 0.2) is 12.2 Å². The number of carbonyl (C=O) groups excluding carboxylic acids is 1. The Morgan fingerprint density at radius 1 is 1.33 bits per heavy atom. The summed E-state index contributed by atoms with van der Waals surface area (Å²) < 4.78 is 0. The maximum Gasteiger partial charge on any atom is 0.133 e. The van der Waals surface area contributed by atoms with Gasteiger partial charge in [0.25, 0.3) is 0 Å². The summed E-state index contributed by atoms with van der Waals surface area (Å²) in [5.41, 5.74) is 1.17. The average Bonchev–Trinajstić information content (AvgIpc) is 1.84. The second-order valence-electron chi connectivity index (χ2n) is 3.96. The highest BCUT2D eigenvalue weighted by molar-refractivity contribution is 5.78. The maximum absolute atomic E-state index is 11.2. The van der Waals surface area contributed by atoms with Crippen molar-refractivity contribution in [3.8, 4) is 0 Å². The van der Waals surface area contributed by atoms with Crippen molar-refractivity contribution in [2.45, 2.75) is 40.5 Å². The lowest BCUT2D eigenvalue weighted by Gasteiger charge is -2.17. The molecule has 0 N–H and O–H groups in total. The van der Waals surface area contributed by atoms with Crippen molar-refractivity contribution in [2.24, 2.45) is 11.8 Å². The quantitative estimate of drug-likeness (QED) is 0.576. The first kappa shape index (κ1) is 11.4. The molecule has 0 amide bonds. The van der Waals surface area contributed by atoms with E-state index in [2.05, 4.69) is 20.4 Å². The third kappa shape index (κ3) is 4.32. The molecule has 0 rings (SSSR count). The maximum atomic E-state index is 11.2. The summed E-state index contributed by atoms with van der Waals surface area (Å²) in [6.07, 6.45) is 1.94. The highest BCUT2D eigenvalue weighted by Crippen LogP contribution is 2.19. The Kier molecular flexibility index (Phi) is 4.87. The average molecular weight is 168 g/mol. The molecule has 1 atom stereocenters. The van der Waals surface area contributed by atoms with Crippen molar-refractivity contribution in [1.29, 1.82) is 0 Å². The van der Waals surface area contributed by atoms with E-state index in [0.717, 1.165) is 12.8 Å². The van der Waals surface area contributed by atoms with Crippen LogP contribution in [0, 0.1) is 11.8 Å². The lowest BCUT2D eigenvalue weighted by Crippen LogP contribution is -2.17. The fraction of sp³-hybridized carbons (Fsp3) is 0.727. The standard InChI is InChI=1S/C11H20O/c1-8(2)6-7-11(9(3)4)10(5)12/h9,11H,1,6-7H2,2-5H3. The zero-order valence-electron chi connectivity index (χ0n) is 8.68. The molecule has 0 aliphatic rings. The fourth-order valence-corrected chi connectivity index (χ4v) is 1.41. The van der Waals surface area contributed by atoms with Crippen LogP contribution in [0.1, 0.15) is 40.5 Å². The Balaban J connectivity index is 3.97. The van der Waals surface area contributed by atoms with Gasteiger partial charge in [-0.1, -0.05) is 19.4 Å². The van der Waals surface area contributed by atoms with Crippen molar-refractivity contribution in [3.63, 3.8) is 0 Å². The smallest absolute Gasteiger partial charge is 0.133 e. The van der Waals surface area contributed by atoms with E-state index in [-0.39, 0.29) is 5.92 Å². The molecular formula is C11H20O. The van der Waals surface area contributed by atoms with Gasteiger partial charge in [0.2, 0.25) is 0 Å². The van der Waals surface area contributed by atoms with E-state index in [9.17, 15) is 4.79 Å². The van der Waals surface area contributed by atoms with Crippen LogP contribution in [0.5, 0.6) is 0 Å². The van der Waals surface area contributed by atoms with Gasteiger partial charge in [-0.2, -0.15) is 0 Å². The zero-order chi connectivity index (χ0) is 9.72. The Morgan fingerprint density at radius 3 is 2.08 bits per heavy atom. The van der Waals surface area contributed by atoms with Crippen LogP contribution in [0.3, 0.4) is 0 Å². The highest BCUT2D eigenvalue weighted by atomic mass is 16.1. The van der Waals surface area contributed by atoms with Crippen LogP contribution < -0.4 is 0 Å². The summed E-state index contributed by atoms with van der Waals surface area (Å²) in [5, 5.41) is 0. The van der Waals surface area contributed by atoms with E-state index < -0.39 is 0 Å². The molecule has 1 heteroatoms. The van der Waals surface area contributed by atoms with Gasteiger partial charge in [-0.3, -0.25) is 4.79 Å². The van der Waals surface area contributed by atoms with Gasteiger partial charge < -0.3 is 0 Å². The van der Waals surface area contributed by atoms with Crippen molar-refractivity contribution in [1.82, 2.24) is 0 Å². The van der Waals surface area contributed by atoms with Gasteiger partial charge >= 0.3 is 0 Å². The number of ketones is 1. The first-order valence-electron chi connectivity index (χ1n) is 4.60. The third-order valence-corrected chi connectivity index (χ3v) is 2.21. The number of Topliss-reactive ketones (excluding diaryl/α,β-unsaturated/α-hetero) is 1. The molecule has 0 aromatic rings. The number of hydrogen-bond donors (Lipinski definition) is 0. The van der Waals surface area contributed by atoms with E-state index >= 15 is 0 Å². The van der Waals surface area contributed by atoms with E-state index in [0.29, 0.717) is 11.7 Å². The minimum absolute atomic E-state index is 0.224. The van der Waals surface area contributed by atoms with Gasteiger partial charge in [-0.05, 0) is 32.6 Å². The normalized spacial score (nSPS) is 13.1. The molecule has 0 bridgehead atoms. The number of allylic oxidation sites excluding steroid dienone is 1. The largest absolute Gasteiger partial charge is 0.300 e. The first-order valence-corrected chi connectivity index (χ1v) is 4.60. The molecular weight excluding hydrogens is 148 g/mol. The van der Waals surface area contributed by atoms with Gasteiger partial charge in [0, 0.05) is 5.92 Å². The fourth-order valence-electron chi connectivity index (χ4n) is 1.41. The van der Waals surface area contributed by atoms with Crippen LogP contribution in [0.4, 0.5) is 0 Å². The van der Waals surface area contributed by atoms with Gasteiger partial charge in [0.15, 0.2) is 0 Å². The zero-order valence-corrected chi connectivity index (χ0v) is 8.68. The molecule has 0 aromatic carbocycles. The molecule has 0 spiro atoms. The Morgan fingerprint density at radius 2 is 1.83 bits per heavy atom. The molecule has 0 radical (unpaired) electrons. The minimum atomic E-state index is 0.224. The lowest BCUT2D eigenvalue weighted by molar-refractivity contribution is -0.122. The highest BCUT2D eigenvalue weighted by Gasteiger charge is 2.17. The third-order valence-electron chi connectivity index (χ3n) is 2.21. The van der Waals surface area contributed by atoms with Gasteiger partial charge in [0.1, 0.15) is 5.78 Å². The summed E-state index contributed by atoms with van der Waals surface area (Å²) in [5.74, 6) is 0.995. The molecule has 70 valence electrons. The van der Waals surface area contributed by atoms with Crippen molar-refractivity contribution >= 4 is 5.78 Å². The monoisotopic (exact) mass is 168 g/mol. The number of rotatable bonds is 5. The second-order valence-corrected chi connectivity index (χ2v) is 3.96. The molecule has 0 heterocycles. The number of hydrogen-bond acceptors (Lipinski definition) is 1. The van der Waals surface area contributed by atoms with Crippen LogP contribution in [0.2, 0.25) is 0 Å². The van der Waals surface area contributed by atoms with E-state index in [1.54, 1.807) is 6.92 Å². The van der Waals surface area contributed by atoms with E-state index in [1.807, 2.05) is 6.92 Å². The Bertz CT molecular complexity index is 168. The summed E-state index contributed by atoms with van der Waals surface area (Å²) in [4.78, 5) is 11.2. The molecule has 0 saturated carbocycles. The minimum Gasteiger partial charge on any atom is -0.300 e. The topological polar surface area (TPSA) is 17.1 Å². The Hall–Kier alpha value is -0.590. The van der Waals surface area contributed by atoms with Crippen LogP contribution in [-0.2, 0) is 4.79 Å². The molecule has 0 fully saturated rings. The summed E-state index contributed by atoms with van der Waals surface area (Å²) in [6, 6.07) is 0. The van der Waals surface area contributed by atoms with Gasteiger partial charge in [-0.15, -0.1) is 6.58 Å². The van der Waals surface area contributed by atoms with Crippen molar-refractivity contribution < 1.29 is 4.79 Å². The predicted molar refractivity (Wildman–Crippen MR) is 53.1 cm³/mol. The number of carbonyl (C=O) groups is 1. The Labute approximate surface area is 75.9 Å². The molecule has 0 aromatic heterocycles. The lowest BCUT2D eigenvalue weighted by atomic mass is 9.87.